The fourth-order valence-electron chi connectivity index (χ4n) is 2.67. The Morgan fingerprint density at radius 2 is 1.76 bits per heavy atom. The van der Waals surface area contributed by atoms with E-state index in [1.807, 2.05) is 0 Å². The molecule has 2 aromatic carbocycles. The molecule has 4 nitrogen and oxygen atoms in total. The minimum Gasteiger partial charge on any atom is -0.445 e. The van der Waals surface area contributed by atoms with E-state index in [1.54, 1.807) is 24.3 Å². The average molecular weight is 349 g/mol. The number of ether oxygens (including phenoxy) is 1. The molecule has 0 aromatic heterocycles. The lowest BCUT2D eigenvalue weighted by atomic mass is 9.89. The van der Waals surface area contributed by atoms with Crippen LogP contribution in [0.4, 0.5) is 18.9 Å². The highest BCUT2D eigenvalue weighted by atomic mass is 19.4. The number of cyclic esters (lactones) is 1. The van der Waals surface area contributed by atoms with Crippen LogP contribution < -0.4 is 5.32 Å². The van der Waals surface area contributed by atoms with Gasteiger partial charge in [-0.25, -0.2) is 4.79 Å². The first kappa shape index (κ1) is 17.0. The first-order valence-electron chi connectivity index (χ1n) is 7.49. The fraction of sp³-hybridized carbons (Fsp3) is 0.222. The van der Waals surface area contributed by atoms with Crippen molar-refractivity contribution in [3.05, 3.63) is 65.2 Å². The summed E-state index contributed by atoms with van der Waals surface area (Å²) in [5.41, 5.74) is -0.969. The van der Waals surface area contributed by atoms with Gasteiger partial charge in [0.05, 0.1) is 11.1 Å². The Morgan fingerprint density at radius 1 is 1.12 bits per heavy atom. The Kier molecular flexibility index (Phi) is 4.02. The van der Waals surface area contributed by atoms with Crippen LogP contribution in [0.3, 0.4) is 0 Å². The molecule has 3 rings (SSSR count). The number of amides is 1. The number of carbonyl (C=O) groups is 2. The molecule has 0 bridgehead atoms. The molecule has 2 aromatic rings. The number of anilines is 1. The molecule has 1 heterocycles. The Hall–Kier alpha value is -2.83. The van der Waals surface area contributed by atoms with Crippen molar-refractivity contribution in [1.29, 1.82) is 0 Å². The van der Waals surface area contributed by atoms with Crippen molar-refractivity contribution in [1.82, 2.24) is 0 Å². The first-order chi connectivity index (χ1) is 11.7. The molecule has 1 amide bonds. The number of rotatable bonds is 2. The third kappa shape index (κ3) is 3.35. The van der Waals surface area contributed by atoms with Crippen LogP contribution in [0, 0.1) is 0 Å². The average Bonchev–Trinajstić information content (AvgIpc) is 2.54. The third-order valence-corrected chi connectivity index (χ3v) is 4.03. The number of alkyl halides is 3. The maximum absolute atomic E-state index is 12.6. The lowest BCUT2D eigenvalue weighted by Crippen LogP contribution is -2.48. The van der Waals surface area contributed by atoms with Crippen molar-refractivity contribution in [3.8, 4) is 0 Å². The molecule has 0 radical (unpaired) electrons. The van der Waals surface area contributed by atoms with Gasteiger partial charge in [-0.3, -0.25) is 4.79 Å². The number of carbonyl (C=O) groups excluding carboxylic acids is 2. The van der Waals surface area contributed by atoms with Crippen molar-refractivity contribution in [2.45, 2.75) is 25.1 Å². The summed E-state index contributed by atoms with van der Waals surface area (Å²) >= 11 is 0. The van der Waals surface area contributed by atoms with Crippen molar-refractivity contribution < 1.29 is 27.5 Å². The van der Waals surface area contributed by atoms with Gasteiger partial charge in [-0.05, 0) is 42.8 Å². The number of halogens is 3. The van der Waals surface area contributed by atoms with E-state index in [2.05, 4.69) is 5.32 Å². The van der Waals surface area contributed by atoms with E-state index in [0.29, 0.717) is 11.1 Å². The van der Waals surface area contributed by atoms with E-state index in [-0.39, 0.29) is 12.1 Å². The second kappa shape index (κ2) is 5.91. The molecular weight excluding hydrogens is 335 g/mol. The summed E-state index contributed by atoms with van der Waals surface area (Å²) in [6, 6.07) is 10.9. The summed E-state index contributed by atoms with van der Waals surface area (Å²) < 4.78 is 43.0. The van der Waals surface area contributed by atoms with Gasteiger partial charge in [-0.1, -0.05) is 18.2 Å². The molecule has 130 valence electrons. The quantitative estimate of drug-likeness (QED) is 0.839. The van der Waals surface area contributed by atoms with Crippen LogP contribution >= 0.6 is 0 Å². The van der Waals surface area contributed by atoms with Crippen LogP contribution in [0.15, 0.2) is 48.5 Å². The maximum Gasteiger partial charge on any atom is 0.416 e. The molecular formula is C18H14F3NO3. The first-order valence-corrected chi connectivity index (χ1v) is 7.49. The van der Waals surface area contributed by atoms with Crippen molar-refractivity contribution in [2.24, 2.45) is 0 Å². The van der Waals surface area contributed by atoms with Gasteiger partial charge in [0, 0.05) is 12.1 Å². The van der Waals surface area contributed by atoms with Gasteiger partial charge >= 0.3 is 12.1 Å². The standard InChI is InChI=1S/C18H14F3NO3/c1-17(10-11-4-2-3-5-14(11)15(23)25-17)16(24)22-13-8-6-12(7-9-13)18(19,20)21/h2-9H,10H2,1H3,(H,22,24)/t17-/m0/s1. The number of benzene rings is 2. The largest absolute Gasteiger partial charge is 0.445 e. The molecule has 0 spiro atoms. The predicted octanol–water partition coefficient (Wildman–Crippen LogP) is 3.82. The highest BCUT2D eigenvalue weighted by Crippen LogP contribution is 2.31. The minimum atomic E-state index is -4.45. The van der Waals surface area contributed by atoms with Crippen LogP contribution in [-0.2, 0) is 22.1 Å². The summed E-state index contributed by atoms with van der Waals surface area (Å²) in [4.78, 5) is 24.6. The van der Waals surface area contributed by atoms with E-state index < -0.39 is 29.2 Å². The maximum atomic E-state index is 12.6. The van der Waals surface area contributed by atoms with Gasteiger partial charge in [0.2, 0.25) is 0 Å². The smallest absolute Gasteiger partial charge is 0.416 e. The molecule has 1 N–H and O–H groups in total. The molecule has 1 aliphatic heterocycles. The summed E-state index contributed by atoms with van der Waals surface area (Å²) in [5.74, 6) is -1.21. The molecule has 1 atom stereocenters. The number of hydrogen-bond donors (Lipinski definition) is 1. The summed E-state index contributed by atoms with van der Waals surface area (Å²) in [6.07, 6.45) is -4.27. The second-order valence-corrected chi connectivity index (χ2v) is 5.98. The van der Waals surface area contributed by atoms with E-state index in [9.17, 15) is 22.8 Å². The van der Waals surface area contributed by atoms with Crippen molar-refractivity contribution in [2.75, 3.05) is 5.32 Å². The summed E-state index contributed by atoms with van der Waals surface area (Å²) in [6.45, 7) is 1.47. The van der Waals surface area contributed by atoms with Crippen LogP contribution in [0.25, 0.3) is 0 Å². The number of nitrogens with one attached hydrogen (secondary N) is 1. The van der Waals surface area contributed by atoms with Gasteiger partial charge in [-0.15, -0.1) is 0 Å². The molecule has 0 saturated heterocycles. The second-order valence-electron chi connectivity index (χ2n) is 5.98. The van der Waals surface area contributed by atoms with Crippen LogP contribution in [0.2, 0.25) is 0 Å². The van der Waals surface area contributed by atoms with Gasteiger partial charge in [0.15, 0.2) is 5.60 Å². The van der Waals surface area contributed by atoms with Crippen LogP contribution in [0.1, 0.15) is 28.4 Å². The third-order valence-electron chi connectivity index (χ3n) is 4.03. The van der Waals surface area contributed by atoms with E-state index in [1.165, 1.54) is 6.92 Å². The normalized spacial score (nSPS) is 19.8. The zero-order chi connectivity index (χ0) is 18.2. The van der Waals surface area contributed by atoms with Gasteiger partial charge < -0.3 is 10.1 Å². The topological polar surface area (TPSA) is 55.4 Å². The van der Waals surface area contributed by atoms with E-state index >= 15 is 0 Å². The molecule has 0 unspecified atom stereocenters. The highest BCUT2D eigenvalue weighted by molar-refractivity contribution is 6.02. The monoisotopic (exact) mass is 349 g/mol. The van der Waals surface area contributed by atoms with E-state index in [0.717, 1.165) is 24.3 Å². The van der Waals surface area contributed by atoms with Crippen LogP contribution in [-0.4, -0.2) is 17.5 Å². The molecule has 0 aliphatic carbocycles. The van der Waals surface area contributed by atoms with Gasteiger partial charge in [0.1, 0.15) is 0 Å². The Bertz CT molecular complexity index is 830. The minimum absolute atomic E-state index is 0.182. The Labute approximate surface area is 141 Å². The summed E-state index contributed by atoms with van der Waals surface area (Å²) in [7, 11) is 0. The number of fused-ring (bicyclic) bond motifs is 1. The SMILES string of the molecule is C[C@@]1(C(=O)Nc2ccc(C(F)(F)F)cc2)Cc2ccccc2C(=O)O1. The Morgan fingerprint density at radius 3 is 2.40 bits per heavy atom. The van der Waals surface area contributed by atoms with Crippen LogP contribution in [0.5, 0.6) is 0 Å². The van der Waals surface area contributed by atoms with Crippen molar-refractivity contribution in [3.63, 3.8) is 0 Å². The number of esters is 1. The van der Waals surface area contributed by atoms with E-state index in [4.69, 9.17) is 4.74 Å². The van der Waals surface area contributed by atoms with Gasteiger partial charge in [-0.2, -0.15) is 13.2 Å². The molecule has 0 saturated carbocycles. The van der Waals surface area contributed by atoms with Crippen molar-refractivity contribution >= 4 is 17.6 Å². The molecule has 1 aliphatic rings. The zero-order valence-corrected chi connectivity index (χ0v) is 13.2. The lowest BCUT2D eigenvalue weighted by molar-refractivity contribution is -0.137. The fourth-order valence-corrected chi connectivity index (χ4v) is 2.67. The number of hydrogen-bond acceptors (Lipinski definition) is 3. The zero-order valence-electron chi connectivity index (χ0n) is 13.2. The molecule has 25 heavy (non-hydrogen) atoms. The lowest BCUT2D eigenvalue weighted by Gasteiger charge is -2.33. The highest BCUT2D eigenvalue weighted by Gasteiger charge is 2.42. The summed E-state index contributed by atoms with van der Waals surface area (Å²) in [5, 5.41) is 2.50. The predicted molar refractivity (Wildman–Crippen MR) is 84.0 cm³/mol. The Balaban J connectivity index is 1.78. The molecule has 7 heteroatoms. The molecule has 0 fully saturated rings. The van der Waals surface area contributed by atoms with Gasteiger partial charge in [0.25, 0.3) is 5.91 Å².